The molecule has 2 heterocycles. The van der Waals surface area contributed by atoms with Gasteiger partial charge in [0.2, 0.25) is 10.0 Å². The Hall–Kier alpha value is -2.18. The highest BCUT2D eigenvalue weighted by Gasteiger charge is 2.40. The zero-order chi connectivity index (χ0) is 21.4. The third kappa shape index (κ3) is 4.45. The van der Waals surface area contributed by atoms with Crippen LogP contribution in [0.2, 0.25) is 5.02 Å². The lowest BCUT2D eigenvalue weighted by Crippen LogP contribution is -2.42. The highest BCUT2D eigenvalue weighted by atomic mass is 35.5. The molecule has 1 atom stereocenters. The van der Waals surface area contributed by atoms with Gasteiger partial charge in [0.05, 0.1) is 16.4 Å². The molecule has 0 bridgehead atoms. The summed E-state index contributed by atoms with van der Waals surface area (Å²) in [6, 6.07) is -1.19. The number of carbonyl (C=O) groups is 1. The van der Waals surface area contributed by atoms with Gasteiger partial charge in [-0.3, -0.25) is 9.78 Å². The van der Waals surface area contributed by atoms with Crippen molar-refractivity contribution in [3.05, 3.63) is 40.7 Å². The van der Waals surface area contributed by atoms with Gasteiger partial charge in [-0.2, -0.15) is 17.9 Å². The number of pyridine rings is 1. The van der Waals surface area contributed by atoms with E-state index in [1.54, 1.807) is 0 Å². The van der Waals surface area contributed by atoms with E-state index in [1.807, 2.05) is 0 Å². The summed E-state index contributed by atoms with van der Waals surface area (Å²) in [4.78, 5) is 15.4. The molecular formula is C15H15ClF4N4O3S. The molecule has 0 aromatic carbocycles. The number of nitrogens with one attached hydrogen (secondary N) is 2. The Labute approximate surface area is 162 Å². The summed E-state index contributed by atoms with van der Waals surface area (Å²) >= 11 is 5.96. The molecule has 1 unspecified atom stereocenters. The molecule has 7 nitrogen and oxygen atoms in total. The van der Waals surface area contributed by atoms with E-state index in [0.717, 1.165) is 10.8 Å². The molecule has 2 rings (SSSR count). The maximum atomic E-state index is 14.0. The van der Waals surface area contributed by atoms with E-state index in [4.69, 9.17) is 11.6 Å². The standard InChI is InChI=1S/C15H15ClF4N4O3S/c1-7-12(17)9(4-5-21-7)22-14(25)13-11(16)10(6-24(13)3)28(26,27)23-8(2)15(18,19)20/h4-6,8,23H,1-3H3,(H,21,22,25). The number of halogens is 5. The van der Waals surface area contributed by atoms with Gasteiger partial charge >= 0.3 is 6.18 Å². The average molecular weight is 443 g/mol. The maximum Gasteiger partial charge on any atom is 0.404 e. The SMILES string of the molecule is Cc1nccc(NC(=O)c2c(Cl)c(S(=O)(=O)NC(C)C(F)(F)F)cn2C)c1F. The number of alkyl halides is 3. The van der Waals surface area contributed by atoms with Crippen LogP contribution in [0, 0.1) is 12.7 Å². The van der Waals surface area contributed by atoms with Crippen molar-refractivity contribution in [3.8, 4) is 0 Å². The monoisotopic (exact) mass is 442 g/mol. The van der Waals surface area contributed by atoms with E-state index in [9.17, 15) is 30.8 Å². The molecule has 13 heteroatoms. The van der Waals surface area contributed by atoms with Crippen LogP contribution < -0.4 is 10.0 Å². The van der Waals surface area contributed by atoms with E-state index >= 15 is 0 Å². The summed E-state index contributed by atoms with van der Waals surface area (Å²) in [5, 5.41) is 1.62. The van der Waals surface area contributed by atoms with Gasteiger partial charge in [-0.25, -0.2) is 12.8 Å². The number of aromatic nitrogens is 2. The van der Waals surface area contributed by atoms with Crippen LogP contribution in [0.25, 0.3) is 0 Å². The van der Waals surface area contributed by atoms with Crippen molar-refractivity contribution >= 4 is 33.2 Å². The van der Waals surface area contributed by atoms with Crippen LogP contribution in [0.3, 0.4) is 0 Å². The predicted octanol–water partition coefficient (Wildman–Crippen LogP) is 3.00. The number of sulfonamides is 1. The van der Waals surface area contributed by atoms with E-state index in [2.05, 4.69) is 10.3 Å². The predicted molar refractivity (Wildman–Crippen MR) is 93.1 cm³/mol. The fraction of sp³-hybridized carbons (Fsp3) is 0.333. The van der Waals surface area contributed by atoms with Crippen molar-refractivity contribution in [2.75, 3.05) is 5.32 Å². The second kappa shape index (κ2) is 7.68. The Bertz CT molecular complexity index is 1020. The summed E-state index contributed by atoms with van der Waals surface area (Å²) in [7, 11) is -3.42. The van der Waals surface area contributed by atoms with Crippen molar-refractivity contribution in [3.63, 3.8) is 0 Å². The average Bonchev–Trinajstić information content (AvgIpc) is 2.86. The van der Waals surface area contributed by atoms with Gasteiger partial charge in [0.25, 0.3) is 5.91 Å². The second-order valence-electron chi connectivity index (χ2n) is 5.86. The number of amides is 1. The van der Waals surface area contributed by atoms with Gasteiger partial charge in [0.15, 0.2) is 5.82 Å². The van der Waals surface area contributed by atoms with Crippen LogP contribution >= 0.6 is 11.6 Å². The molecule has 0 aliphatic heterocycles. The van der Waals surface area contributed by atoms with Crippen molar-refractivity contribution in [1.82, 2.24) is 14.3 Å². The molecule has 0 saturated heterocycles. The Balaban J connectivity index is 2.38. The van der Waals surface area contributed by atoms with Crippen LogP contribution in [0.15, 0.2) is 23.4 Å². The zero-order valence-corrected chi connectivity index (χ0v) is 16.3. The van der Waals surface area contributed by atoms with E-state index in [1.165, 1.54) is 31.0 Å². The summed E-state index contributed by atoms with van der Waals surface area (Å²) < 4.78 is 78.9. The van der Waals surface area contributed by atoms with Gasteiger partial charge in [0, 0.05) is 19.4 Å². The molecule has 28 heavy (non-hydrogen) atoms. The van der Waals surface area contributed by atoms with Gasteiger partial charge < -0.3 is 9.88 Å². The number of aryl methyl sites for hydroxylation is 2. The molecule has 2 aromatic heterocycles. The van der Waals surface area contributed by atoms with Crippen LogP contribution in [-0.2, 0) is 17.1 Å². The molecule has 154 valence electrons. The van der Waals surface area contributed by atoms with Crippen molar-refractivity contribution in [2.24, 2.45) is 7.05 Å². The number of anilines is 1. The van der Waals surface area contributed by atoms with E-state index in [-0.39, 0.29) is 17.1 Å². The van der Waals surface area contributed by atoms with Crippen molar-refractivity contribution in [1.29, 1.82) is 0 Å². The van der Waals surface area contributed by atoms with Crippen LogP contribution in [0.1, 0.15) is 23.1 Å². The van der Waals surface area contributed by atoms with Gasteiger partial charge in [-0.05, 0) is 19.9 Å². The minimum absolute atomic E-state index is 0.0179. The Morgan fingerprint density at radius 3 is 2.54 bits per heavy atom. The fourth-order valence-corrected chi connectivity index (χ4v) is 4.13. The zero-order valence-electron chi connectivity index (χ0n) is 14.7. The molecule has 1 amide bonds. The third-order valence-electron chi connectivity index (χ3n) is 3.73. The minimum atomic E-state index is -4.81. The molecule has 0 aliphatic rings. The number of nitrogens with zero attached hydrogens (tertiary/aromatic N) is 2. The smallest absolute Gasteiger partial charge is 0.344 e. The minimum Gasteiger partial charge on any atom is -0.344 e. The van der Waals surface area contributed by atoms with Gasteiger partial charge in [-0.15, -0.1) is 0 Å². The quantitative estimate of drug-likeness (QED) is 0.696. The first kappa shape index (κ1) is 22.1. The first-order valence-electron chi connectivity index (χ1n) is 7.62. The maximum absolute atomic E-state index is 14.0. The van der Waals surface area contributed by atoms with E-state index < -0.39 is 43.9 Å². The lowest BCUT2D eigenvalue weighted by atomic mass is 10.3. The summed E-state index contributed by atoms with van der Waals surface area (Å²) in [5.74, 6) is -1.75. The van der Waals surface area contributed by atoms with Crippen molar-refractivity contribution < 1.29 is 30.8 Å². The van der Waals surface area contributed by atoms with Gasteiger partial charge in [0.1, 0.15) is 16.6 Å². The van der Waals surface area contributed by atoms with Crippen LogP contribution in [0.4, 0.5) is 23.2 Å². The van der Waals surface area contributed by atoms with Crippen molar-refractivity contribution in [2.45, 2.75) is 31.0 Å². The Morgan fingerprint density at radius 1 is 1.36 bits per heavy atom. The molecule has 0 saturated carbocycles. The fourth-order valence-electron chi connectivity index (χ4n) is 2.21. The number of hydrogen-bond donors (Lipinski definition) is 2. The molecule has 0 fully saturated rings. The summed E-state index contributed by atoms with van der Waals surface area (Å²) in [5.41, 5.74) is -0.581. The molecule has 2 aromatic rings. The third-order valence-corrected chi connectivity index (χ3v) is 5.77. The number of rotatable bonds is 5. The number of carbonyl (C=O) groups excluding carboxylic acids is 1. The van der Waals surface area contributed by atoms with Gasteiger partial charge in [-0.1, -0.05) is 11.6 Å². The second-order valence-corrected chi connectivity index (χ2v) is 7.92. The molecule has 0 aliphatic carbocycles. The highest BCUT2D eigenvalue weighted by molar-refractivity contribution is 7.89. The van der Waals surface area contributed by atoms with Crippen LogP contribution in [0.5, 0.6) is 0 Å². The number of hydrogen-bond acceptors (Lipinski definition) is 4. The first-order valence-corrected chi connectivity index (χ1v) is 9.48. The normalized spacial score (nSPS) is 13.4. The highest BCUT2D eigenvalue weighted by Crippen LogP contribution is 2.30. The molecular weight excluding hydrogens is 428 g/mol. The van der Waals surface area contributed by atoms with Crippen LogP contribution in [-0.4, -0.2) is 36.1 Å². The first-order chi connectivity index (χ1) is 12.8. The molecule has 0 spiro atoms. The summed E-state index contributed by atoms with van der Waals surface area (Å²) in [6.07, 6.45) is -2.68. The Kier molecular flexibility index (Phi) is 6.07. The largest absolute Gasteiger partial charge is 0.404 e. The van der Waals surface area contributed by atoms with E-state index in [0.29, 0.717) is 6.92 Å². The molecule has 2 N–H and O–H groups in total. The molecule has 0 radical (unpaired) electrons. The summed E-state index contributed by atoms with van der Waals surface area (Å²) in [6.45, 7) is 2.00. The lowest BCUT2D eigenvalue weighted by molar-refractivity contribution is -0.147. The lowest BCUT2D eigenvalue weighted by Gasteiger charge is -2.16. The topological polar surface area (TPSA) is 93.1 Å². The Morgan fingerprint density at radius 2 is 1.96 bits per heavy atom.